The van der Waals surface area contributed by atoms with Gasteiger partial charge in [0.1, 0.15) is 10.7 Å². The summed E-state index contributed by atoms with van der Waals surface area (Å²) in [4.78, 5) is 2.72. The number of nitrogens with one attached hydrogen (secondary N) is 1. The van der Waals surface area contributed by atoms with Crippen LogP contribution in [0.25, 0.3) is 0 Å². The minimum absolute atomic E-state index is 0.334. The topological polar surface area (TPSA) is 35.5 Å². The highest BCUT2D eigenvalue weighted by molar-refractivity contribution is 7.81. The molecule has 0 atom stereocenters. The number of phenols is 1. The molecule has 0 spiro atoms. The number of hydrogen-bond donors (Lipinski definition) is 2. The van der Waals surface area contributed by atoms with Gasteiger partial charge in [0, 0.05) is 31.0 Å². The SMILES string of the molecule is CC(C)Cc1cc(C(=S)Nc2ccc(N(C)C)cc2)ccc1O. The molecule has 0 unspecified atom stereocenters. The number of nitrogens with zero attached hydrogens (tertiary/aromatic N) is 1. The van der Waals surface area contributed by atoms with Crippen LogP contribution in [0.3, 0.4) is 0 Å². The van der Waals surface area contributed by atoms with Crippen LogP contribution in [0, 0.1) is 5.92 Å². The van der Waals surface area contributed by atoms with Crippen LogP contribution in [0.15, 0.2) is 42.5 Å². The molecule has 0 aliphatic carbocycles. The van der Waals surface area contributed by atoms with Crippen molar-refractivity contribution in [2.45, 2.75) is 20.3 Å². The van der Waals surface area contributed by atoms with Gasteiger partial charge in [0.25, 0.3) is 0 Å². The summed E-state index contributed by atoms with van der Waals surface area (Å²) < 4.78 is 0. The third-order valence-corrected chi connectivity index (χ3v) is 3.95. The zero-order chi connectivity index (χ0) is 17.0. The summed E-state index contributed by atoms with van der Waals surface area (Å²) in [5, 5.41) is 13.2. The van der Waals surface area contributed by atoms with Gasteiger partial charge in [-0.1, -0.05) is 26.1 Å². The van der Waals surface area contributed by atoms with Crippen molar-refractivity contribution in [2.24, 2.45) is 5.92 Å². The second kappa shape index (κ2) is 7.47. The maximum absolute atomic E-state index is 9.97. The molecule has 23 heavy (non-hydrogen) atoms. The van der Waals surface area contributed by atoms with Crippen molar-refractivity contribution in [3.63, 3.8) is 0 Å². The number of phenolic OH excluding ortho intramolecular Hbond substituents is 1. The van der Waals surface area contributed by atoms with Crippen LogP contribution in [0.2, 0.25) is 0 Å². The predicted octanol–water partition coefficient (Wildman–Crippen LogP) is 4.44. The molecule has 0 aromatic heterocycles. The van der Waals surface area contributed by atoms with E-state index < -0.39 is 0 Å². The van der Waals surface area contributed by atoms with E-state index in [0.29, 0.717) is 16.7 Å². The Labute approximate surface area is 144 Å². The van der Waals surface area contributed by atoms with Crippen LogP contribution < -0.4 is 10.2 Å². The number of rotatable bonds is 5. The third kappa shape index (κ3) is 4.70. The van der Waals surface area contributed by atoms with Crippen LogP contribution in [-0.2, 0) is 6.42 Å². The van der Waals surface area contributed by atoms with E-state index in [1.165, 1.54) is 0 Å². The van der Waals surface area contributed by atoms with Crippen molar-refractivity contribution in [3.05, 3.63) is 53.6 Å². The minimum atomic E-state index is 0.334. The summed E-state index contributed by atoms with van der Waals surface area (Å²) >= 11 is 5.50. The Morgan fingerprint density at radius 1 is 1.13 bits per heavy atom. The van der Waals surface area contributed by atoms with Gasteiger partial charge >= 0.3 is 0 Å². The molecule has 0 heterocycles. The highest BCUT2D eigenvalue weighted by Crippen LogP contribution is 2.23. The molecule has 0 saturated carbocycles. The first-order valence-corrected chi connectivity index (χ1v) is 8.18. The molecular weight excluding hydrogens is 304 g/mol. The Bertz CT molecular complexity index is 678. The van der Waals surface area contributed by atoms with E-state index in [4.69, 9.17) is 12.2 Å². The average molecular weight is 328 g/mol. The number of anilines is 2. The van der Waals surface area contributed by atoms with Gasteiger partial charge in [-0.3, -0.25) is 0 Å². The predicted molar refractivity (Wildman–Crippen MR) is 103 cm³/mol. The zero-order valence-electron chi connectivity index (χ0n) is 14.1. The second-order valence-electron chi connectivity index (χ2n) is 6.34. The smallest absolute Gasteiger partial charge is 0.118 e. The summed E-state index contributed by atoms with van der Waals surface area (Å²) in [7, 11) is 4.03. The lowest BCUT2D eigenvalue weighted by molar-refractivity contribution is 0.462. The molecule has 122 valence electrons. The Hall–Kier alpha value is -2.07. The van der Waals surface area contributed by atoms with Crippen LogP contribution in [0.1, 0.15) is 25.0 Å². The van der Waals surface area contributed by atoms with Gasteiger partial charge in [-0.25, -0.2) is 0 Å². The molecule has 0 radical (unpaired) electrons. The molecule has 0 bridgehead atoms. The van der Waals surface area contributed by atoms with E-state index in [0.717, 1.165) is 28.9 Å². The first kappa shape index (κ1) is 17.3. The molecule has 2 aromatic carbocycles. The number of thiocarbonyl (C=S) groups is 1. The minimum Gasteiger partial charge on any atom is -0.508 e. The first-order chi connectivity index (χ1) is 10.9. The number of benzene rings is 2. The summed E-state index contributed by atoms with van der Waals surface area (Å²) in [6.07, 6.45) is 0.833. The molecule has 0 aliphatic heterocycles. The Morgan fingerprint density at radius 2 is 1.78 bits per heavy atom. The Balaban J connectivity index is 2.14. The lowest BCUT2D eigenvalue weighted by Gasteiger charge is -2.14. The zero-order valence-corrected chi connectivity index (χ0v) is 14.9. The fraction of sp³-hybridized carbons (Fsp3) is 0.316. The van der Waals surface area contributed by atoms with E-state index in [1.807, 2.05) is 50.5 Å². The Morgan fingerprint density at radius 3 is 2.35 bits per heavy atom. The highest BCUT2D eigenvalue weighted by atomic mass is 32.1. The molecule has 4 heteroatoms. The van der Waals surface area contributed by atoms with E-state index in [9.17, 15) is 5.11 Å². The molecule has 2 aromatic rings. The molecule has 2 rings (SSSR count). The fourth-order valence-corrected chi connectivity index (χ4v) is 2.62. The van der Waals surface area contributed by atoms with Gasteiger partial charge in [0.05, 0.1) is 0 Å². The van der Waals surface area contributed by atoms with E-state index in [1.54, 1.807) is 6.07 Å². The molecule has 0 aliphatic rings. The van der Waals surface area contributed by atoms with Gasteiger partial charge in [-0.2, -0.15) is 0 Å². The van der Waals surface area contributed by atoms with Gasteiger partial charge in [-0.05, 0) is 60.4 Å². The van der Waals surface area contributed by atoms with Gasteiger partial charge in [0.15, 0.2) is 0 Å². The standard InChI is InChI=1S/C19H24N2OS/c1-13(2)11-15-12-14(5-10-18(15)22)19(23)20-16-6-8-17(9-7-16)21(3)4/h5-10,12-13,22H,11H2,1-4H3,(H,20,23). The monoisotopic (exact) mass is 328 g/mol. The van der Waals surface area contributed by atoms with Crippen molar-refractivity contribution in [1.82, 2.24) is 0 Å². The third-order valence-electron chi connectivity index (χ3n) is 3.61. The van der Waals surface area contributed by atoms with Crippen molar-refractivity contribution >= 4 is 28.6 Å². The van der Waals surface area contributed by atoms with Gasteiger partial charge in [-0.15, -0.1) is 0 Å². The molecule has 0 saturated heterocycles. The van der Waals surface area contributed by atoms with E-state index >= 15 is 0 Å². The summed E-state index contributed by atoms with van der Waals surface area (Å²) in [5.41, 5.74) is 3.96. The van der Waals surface area contributed by atoms with Crippen LogP contribution in [-0.4, -0.2) is 24.2 Å². The maximum atomic E-state index is 9.97. The average Bonchev–Trinajstić information content (AvgIpc) is 2.49. The molecule has 0 amide bonds. The largest absolute Gasteiger partial charge is 0.508 e. The van der Waals surface area contributed by atoms with Crippen LogP contribution in [0.5, 0.6) is 5.75 Å². The lowest BCUT2D eigenvalue weighted by atomic mass is 10.00. The van der Waals surface area contributed by atoms with Crippen molar-refractivity contribution in [1.29, 1.82) is 0 Å². The molecular formula is C19H24N2OS. The van der Waals surface area contributed by atoms with Crippen LogP contribution in [0.4, 0.5) is 11.4 Å². The van der Waals surface area contributed by atoms with E-state index in [2.05, 4.69) is 24.1 Å². The summed E-state index contributed by atoms with van der Waals surface area (Å²) in [6.45, 7) is 4.27. The second-order valence-corrected chi connectivity index (χ2v) is 6.75. The van der Waals surface area contributed by atoms with Crippen molar-refractivity contribution in [3.8, 4) is 5.75 Å². The quantitative estimate of drug-likeness (QED) is 0.795. The van der Waals surface area contributed by atoms with Gasteiger partial charge < -0.3 is 15.3 Å². The van der Waals surface area contributed by atoms with Crippen molar-refractivity contribution in [2.75, 3.05) is 24.3 Å². The molecule has 0 fully saturated rings. The van der Waals surface area contributed by atoms with Crippen LogP contribution >= 0.6 is 12.2 Å². The first-order valence-electron chi connectivity index (χ1n) is 7.77. The fourth-order valence-electron chi connectivity index (χ4n) is 2.38. The summed E-state index contributed by atoms with van der Waals surface area (Å²) in [6, 6.07) is 13.7. The van der Waals surface area contributed by atoms with Crippen molar-refractivity contribution < 1.29 is 5.11 Å². The van der Waals surface area contributed by atoms with E-state index in [-0.39, 0.29) is 0 Å². The highest BCUT2D eigenvalue weighted by Gasteiger charge is 2.08. The Kier molecular flexibility index (Phi) is 5.61. The number of hydrogen-bond acceptors (Lipinski definition) is 3. The molecule has 3 nitrogen and oxygen atoms in total. The number of aromatic hydroxyl groups is 1. The maximum Gasteiger partial charge on any atom is 0.118 e. The molecule has 2 N–H and O–H groups in total. The van der Waals surface area contributed by atoms with Gasteiger partial charge in [0.2, 0.25) is 0 Å². The summed E-state index contributed by atoms with van der Waals surface area (Å²) in [5.74, 6) is 0.817. The normalized spacial score (nSPS) is 10.7. The lowest BCUT2D eigenvalue weighted by Crippen LogP contribution is -2.12.